The molecule has 1 heterocycles. The van der Waals surface area contributed by atoms with Crippen LogP contribution in [-0.4, -0.2) is 19.4 Å². The van der Waals surface area contributed by atoms with Gasteiger partial charge >= 0.3 is 151 Å². The van der Waals surface area contributed by atoms with Crippen molar-refractivity contribution in [1.29, 1.82) is 0 Å². The fourth-order valence-corrected chi connectivity index (χ4v) is 9.38. The van der Waals surface area contributed by atoms with Crippen LogP contribution in [0, 0.1) is 5.92 Å². The first-order valence-electron chi connectivity index (χ1n) is 9.14. The van der Waals surface area contributed by atoms with Crippen molar-refractivity contribution in [3.05, 3.63) is 91.0 Å². The topological polar surface area (TPSA) is 9.23 Å². The van der Waals surface area contributed by atoms with Gasteiger partial charge in [0.1, 0.15) is 0 Å². The van der Waals surface area contributed by atoms with E-state index >= 15 is 0 Å². The van der Waals surface area contributed by atoms with Gasteiger partial charge in [-0.2, -0.15) is 0 Å². The first-order chi connectivity index (χ1) is 12.4. The van der Waals surface area contributed by atoms with Gasteiger partial charge < -0.3 is 0 Å². The van der Waals surface area contributed by atoms with E-state index in [0.717, 1.165) is 13.2 Å². The van der Waals surface area contributed by atoms with Crippen LogP contribution in [0.2, 0.25) is 0 Å². The van der Waals surface area contributed by atoms with Crippen molar-refractivity contribution in [3.8, 4) is 0 Å². The average molecular weight is 348 g/mol. The molecule has 0 aromatic heterocycles. The predicted octanol–water partition coefficient (Wildman–Crippen LogP) is 3.75. The first kappa shape index (κ1) is 16.5. The third-order valence-electron chi connectivity index (χ3n) is 5.42. The standard InChI is InChI=1S/C23H25OP/c1-4-10-21(11-5-1)25(19-20-16-17-24-18-20,22-12-6-2-7-13-22)23-14-8-3-9-15-23/h1-15,20,25H,16-19H2. The van der Waals surface area contributed by atoms with Gasteiger partial charge in [0.2, 0.25) is 0 Å². The van der Waals surface area contributed by atoms with Crippen LogP contribution >= 0.6 is 7.26 Å². The second-order valence-corrected chi connectivity index (χ2v) is 10.9. The number of hydrogen-bond donors (Lipinski definition) is 0. The SMILES string of the molecule is c1ccc([PH](CC2CCOC2)(c2ccccc2)c2ccccc2)cc1. The summed E-state index contributed by atoms with van der Waals surface area (Å²) < 4.78 is 5.73. The van der Waals surface area contributed by atoms with E-state index < -0.39 is 7.26 Å². The van der Waals surface area contributed by atoms with E-state index in [1.54, 1.807) is 0 Å². The zero-order valence-corrected chi connectivity index (χ0v) is 15.5. The summed E-state index contributed by atoms with van der Waals surface area (Å²) in [5.41, 5.74) is 0. The van der Waals surface area contributed by atoms with E-state index in [4.69, 9.17) is 4.74 Å². The second-order valence-electron chi connectivity index (χ2n) is 6.94. The molecule has 2 heteroatoms. The fraction of sp³-hybridized carbons (Fsp3) is 0.217. The van der Waals surface area contributed by atoms with E-state index in [1.807, 2.05) is 0 Å². The van der Waals surface area contributed by atoms with Crippen LogP contribution in [0.1, 0.15) is 6.42 Å². The van der Waals surface area contributed by atoms with Gasteiger partial charge in [-0.05, 0) is 0 Å². The van der Waals surface area contributed by atoms with E-state index in [9.17, 15) is 0 Å². The molecule has 0 aliphatic carbocycles. The molecule has 1 aliphatic heterocycles. The van der Waals surface area contributed by atoms with E-state index in [2.05, 4.69) is 91.0 Å². The van der Waals surface area contributed by atoms with Crippen molar-refractivity contribution in [2.75, 3.05) is 19.4 Å². The molecule has 1 fully saturated rings. The molecule has 25 heavy (non-hydrogen) atoms. The number of rotatable bonds is 5. The van der Waals surface area contributed by atoms with Crippen molar-refractivity contribution < 1.29 is 4.74 Å². The Morgan fingerprint density at radius 2 is 1.12 bits per heavy atom. The molecule has 128 valence electrons. The van der Waals surface area contributed by atoms with Gasteiger partial charge in [0.05, 0.1) is 0 Å². The van der Waals surface area contributed by atoms with Gasteiger partial charge in [-0.3, -0.25) is 0 Å². The third kappa shape index (κ3) is 3.27. The average Bonchev–Trinajstić information content (AvgIpc) is 3.21. The molecule has 4 rings (SSSR count). The van der Waals surface area contributed by atoms with E-state index in [-0.39, 0.29) is 0 Å². The number of ether oxygens (including phenoxy) is 1. The number of benzene rings is 3. The van der Waals surface area contributed by atoms with E-state index in [0.29, 0.717) is 5.92 Å². The van der Waals surface area contributed by atoms with Crippen LogP contribution in [0.25, 0.3) is 0 Å². The molecule has 1 unspecified atom stereocenters. The van der Waals surface area contributed by atoms with Crippen molar-refractivity contribution in [2.24, 2.45) is 5.92 Å². The van der Waals surface area contributed by atoms with Crippen molar-refractivity contribution in [3.63, 3.8) is 0 Å². The summed E-state index contributed by atoms with van der Waals surface area (Å²) in [5.74, 6) is 0.646. The Hall–Kier alpha value is -1.95. The Bertz CT molecular complexity index is 683. The Labute approximate surface area is 151 Å². The monoisotopic (exact) mass is 348 g/mol. The maximum absolute atomic E-state index is 5.73. The predicted molar refractivity (Wildman–Crippen MR) is 110 cm³/mol. The molecule has 3 aromatic rings. The summed E-state index contributed by atoms with van der Waals surface area (Å²) in [6, 6.07) is 33.5. The Balaban J connectivity index is 1.93. The Morgan fingerprint density at radius 1 is 0.680 bits per heavy atom. The van der Waals surface area contributed by atoms with Gasteiger partial charge in [0, 0.05) is 0 Å². The fourth-order valence-electron chi connectivity index (χ4n) is 4.20. The summed E-state index contributed by atoms with van der Waals surface area (Å²) >= 11 is 0. The van der Waals surface area contributed by atoms with Gasteiger partial charge in [0.25, 0.3) is 0 Å². The van der Waals surface area contributed by atoms with Crippen molar-refractivity contribution in [2.45, 2.75) is 6.42 Å². The summed E-state index contributed by atoms with van der Waals surface area (Å²) in [4.78, 5) is 0. The van der Waals surface area contributed by atoms with Crippen LogP contribution < -0.4 is 15.9 Å². The van der Waals surface area contributed by atoms with Crippen LogP contribution in [0.5, 0.6) is 0 Å². The summed E-state index contributed by atoms with van der Waals surface area (Å²) in [7, 11) is -2.07. The van der Waals surface area contributed by atoms with E-state index in [1.165, 1.54) is 28.5 Å². The second kappa shape index (κ2) is 7.52. The minimum absolute atomic E-state index is 0.646. The Morgan fingerprint density at radius 3 is 1.48 bits per heavy atom. The van der Waals surface area contributed by atoms with Crippen LogP contribution in [0.3, 0.4) is 0 Å². The molecule has 1 atom stereocenters. The first-order valence-corrected chi connectivity index (χ1v) is 11.3. The van der Waals surface area contributed by atoms with Crippen molar-refractivity contribution >= 4 is 23.2 Å². The summed E-state index contributed by atoms with van der Waals surface area (Å²) in [6.07, 6.45) is 2.40. The molecule has 1 aliphatic rings. The zero-order valence-electron chi connectivity index (χ0n) is 14.5. The molecule has 0 N–H and O–H groups in total. The molecular formula is C23H25OP. The number of hydrogen-bond acceptors (Lipinski definition) is 1. The minimum atomic E-state index is -2.07. The molecule has 0 spiro atoms. The molecule has 0 bridgehead atoms. The van der Waals surface area contributed by atoms with Crippen molar-refractivity contribution in [1.82, 2.24) is 0 Å². The molecule has 3 aromatic carbocycles. The zero-order chi connectivity index (χ0) is 17.0. The maximum atomic E-state index is 5.73. The quantitative estimate of drug-likeness (QED) is 0.638. The normalized spacial score (nSPS) is 18.2. The molecule has 0 saturated carbocycles. The third-order valence-corrected chi connectivity index (χ3v) is 10.6. The summed E-state index contributed by atoms with van der Waals surface area (Å²) in [5, 5.41) is 4.50. The van der Waals surface area contributed by atoms with Gasteiger partial charge in [0.15, 0.2) is 0 Å². The van der Waals surface area contributed by atoms with Crippen LogP contribution in [-0.2, 0) is 4.74 Å². The molecular weight excluding hydrogens is 323 g/mol. The van der Waals surface area contributed by atoms with Gasteiger partial charge in [-0.25, -0.2) is 0 Å². The molecule has 0 amide bonds. The van der Waals surface area contributed by atoms with Crippen LogP contribution in [0.15, 0.2) is 91.0 Å². The molecule has 1 saturated heterocycles. The van der Waals surface area contributed by atoms with Gasteiger partial charge in [-0.15, -0.1) is 0 Å². The molecule has 0 radical (unpaired) electrons. The Kier molecular flexibility index (Phi) is 4.97. The summed E-state index contributed by atoms with van der Waals surface area (Å²) in [6.45, 7) is 1.81. The van der Waals surface area contributed by atoms with Crippen LogP contribution in [0.4, 0.5) is 0 Å². The van der Waals surface area contributed by atoms with Gasteiger partial charge in [-0.1, -0.05) is 0 Å². The molecule has 1 nitrogen and oxygen atoms in total.